The van der Waals surface area contributed by atoms with Crippen LogP contribution in [0, 0.1) is 5.82 Å². The Morgan fingerprint density at radius 3 is 2.82 bits per heavy atom. The maximum Gasteiger partial charge on any atom is 0.212 e. The highest BCUT2D eigenvalue weighted by Crippen LogP contribution is 2.20. The summed E-state index contributed by atoms with van der Waals surface area (Å²) >= 11 is 1.17. The van der Waals surface area contributed by atoms with Crippen molar-refractivity contribution in [3.05, 3.63) is 40.7 Å². The molecule has 0 bridgehead atoms. The summed E-state index contributed by atoms with van der Waals surface area (Å²) in [7, 11) is 1.36. The van der Waals surface area contributed by atoms with Gasteiger partial charge in [-0.25, -0.2) is 9.37 Å². The van der Waals surface area contributed by atoms with E-state index in [1.807, 2.05) is 0 Å². The Hall–Kier alpha value is -1.95. The molecule has 1 heterocycles. The van der Waals surface area contributed by atoms with E-state index >= 15 is 0 Å². The number of carbonyl (C=O) groups is 1. The Bertz CT molecular complexity index is 568. The first-order valence-electron chi connectivity index (χ1n) is 4.71. The minimum Gasteiger partial charge on any atom is -0.494 e. The zero-order valence-electron chi connectivity index (χ0n) is 8.94. The molecule has 0 aliphatic carbocycles. The van der Waals surface area contributed by atoms with E-state index in [0.29, 0.717) is 5.13 Å². The first-order valence-corrected chi connectivity index (χ1v) is 5.59. The summed E-state index contributed by atoms with van der Waals surface area (Å²) in [5, 5.41) is 1.85. The minimum absolute atomic E-state index is 0.0966. The zero-order chi connectivity index (χ0) is 12.4. The van der Waals surface area contributed by atoms with Crippen molar-refractivity contribution in [2.24, 2.45) is 0 Å². The van der Waals surface area contributed by atoms with Gasteiger partial charge >= 0.3 is 0 Å². The smallest absolute Gasteiger partial charge is 0.212 e. The molecular formula is C11H9FN2O2S. The molecule has 0 aliphatic heterocycles. The summed E-state index contributed by atoms with van der Waals surface area (Å²) in [6.45, 7) is 0. The van der Waals surface area contributed by atoms with Crippen molar-refractivity contribution in [3.63, 3.8) is 0 Å². The van der Waals surface area contributed by atoms with Gasteiger partial charge in [-0.05, 0) is 18.2 Å². The number of methoxy groups -OCH3 is 1. The predicted molar refractivity (Wildman–Crippen MR) is 62.9 cm³/mol. The number of rotatable bonds is 3. The molecule has 0 amide bonds. The second-order valence-electron chi connectivity index (χ2n) is 3.25. The number of benzene rings is 1. The van der Waals surface area contributed by atoms with E-state index in [2.05, 4.69) is 4.98 Å². The Labute approximate surface area is 101 Å². The zero-order valence-corrected chi connectivity index (χ0v) is 9.75. The highest BCUT2D eigenvalue weighted by atomic mass is 32.1. The highest BCUT2D eigenvalue weighted by Gasteiger charge is 2.14. The number of anilines is 1. The van der Waals surface area contributed by atoms with Crippen LogP contribution in [0.4, 0.5) is 9.52 Å². The van der Waals surface area contributed by atoms with Crippen LogP contribution in [0.25, 0.3) is 0 Å². The number of nitrogen functional groups attached to an aromatic ring is 1. The third-order valence-corrected chi connectivity index (χ3v) is 2.84. The van der Waals surface area contributed by atoms with Crippen LogP contribution in [-0.2, 0) is 0 Å². The van der Waals surface area contributed by atoms with Gasteiger partial charge in [0.2, 0.25) is 5.78 Å². The average Bonchev–Trinajstić information content (AvgIpc) is 2.75. The number of nitrogens with two attached hydrogens (primary N) is 1. The van der Waals surface area contributed by atoms with Crippen molar-refractivity contribution >= 4 is 22.3 Å². The molecule has 17 heavy (non-hydrogen) atoms. The fraction of sp³-hybridized carbons (Fsp3) is 0.0909. The van der Waals surface area contributed by atoms with Gasteiger partial charge in [0.15, 0.2) is 16.7 Å². The van der Waals surface area contributed by atoms with Gasteiger partial charge in [0.1, 0.15) is 5.69 Å². The number of hydrogen-bond donors (Lipinski definition) is 1. The number of aromatic nitrogens is 1. The molecule has 4 nitrogen and oxygen atoms in total. The van der Waals surface area contributed by atoms with Crippen LogP contribution < -0.4 is 10.5 Å². The first kappa shape index (κ1) is 11.5. The largest absolute Gasteiger partial charge is 0.494 e. The summed E-state index contributed by atoms with van der Waals surface area (Å²) in [5.74, 6) is -0.847. The highest BCUT2D eigenvalue weighted by molar-refractivity contribution is 7.13. The van der Waals surface area contributed by atoms with Crippen LogP contribution in [0.1, 0.15) is 16.1 Å². The molecule has 88 valence electrons. The molecule has 0 spiro atoms. The lowest BCUT2D eigenvalue weighted by atomic mass is 10.1. The maximum atomic E-state index is 13.4. The van der Waals surface area contributed by atoms with Crippen molar-refractivity contribution in [2.45, 2.75) is 0 Å². The molecule has 1 aromatic carbocycles. The number of hydrogen-bond acceptors (Lipinski definition) is 5. The fourth-order valence-electron chi connectivity index (χ4n) is 1.35. The topological polar surface area (TPSA) is 65.2 Å². The normalized spacial score (nSPS) is 10.2. The number of halogens is 1. The lowest BCUT2D eigenvalue weighted by Gasteiger charge is -2.03. The molecule has 2 N–H and O–H groups in total. The average molecular weight is 252 g/mol. The van der Waals surface area contributed by atoms with Crippen LogP contribution in [-0.4, -0.2) is 17.9 Å². The van der Waals surface area contributed by atoms with E-state index < -0.39 is 5.82 Å². The van der Waals surface area contributed by atoms with Gasteiger partial charge in [0.05, 0.1) is 7.11 Å². The quantitative estimate of drug-likeness (QED) is 0.849. The van der Waals surface area contributed by atoms with Crippen molar-refractivity contribution in [2.75, 3.05) is 12.8 Å². The fourth-order valence-corrected chi connectivity index (χ4v) is 1.89. The molecule has 0 atom stereocenters. The van der Waals surface area contributed by atoms with E-state index in [1.165, 1.54) is 30.6 Å². The minimum atomic E-state index is -0.582. The standard InChI is InChI=1S/C11H9FN2O2S/c1-16-9-3-2-6(4-7(9)12)10(15)8-5-17-11(13)14-8/h2-5H,1H3,(H2,13,14). The molecular weight excluding hydrogens is 243 g/mol. The predicted octanol–water partition coefficient (Wildman–Crippen LogP) is 2.10. The van der Waals surface area contributed by atoms with Gasteiger partial charge in [0.25, 0.3) is 0 Å². The molecule has 0 radical (unpaired) electrons. The number of ketones is 1. The van der Waals surface area contributed by atoms with Gasteiger partial charge in [-0.1, -0.05) is 0 Å². The third kappa shape index (κ3) is 2.26. The summed E-state index contributed by atoms with van der Waals surface area (Å²) in [6.07, 6.45) is 0. The molecule has 0 unspecified atom stereocenters. The summed E-state index contributed by atoms with van der Waals surface area (Å²) < 4.78 is 18.2. The molecule has 2 rings (SSSR count). The van der Waals surface area contributed by atoms with Gasteiger partial charge in [0, 0.05) is 10.9 Å². The summed E-state index contributed by atoms with van der Waals surface area (Å²) in [5.41, 5.74) is 5.87. The van der Waals surface area contributed by atoms with Gasteiger partial charge in [-0.2, -0.15) is 0 Å². The van der Waals surface area contributed by atoms with Crippen LogP contribution >= 0.6 is 11.3 Å². The maximum absolute atomic E-state index is 13.4. The molecule has 0 saturated carbocycles. The molecule has 1 aromatic heterocycles. The van der Waals surface area contributed by atoms with Crippen LogP contribution in [0.3, 0.4) is 0 Å². The second kappa shape index (κ2) is 4.50. The molecule has 0 saturated heterocycles. The van der Waals surface area contributed by atoms with E-state index in [4.69, 9.17) is 10.5 Å². The van der Waals surface area contributed by atoms with Crippen molar-refractivity contribution in [1.82, 2.24) is 4.98 Å². The van der Waals surface area contributed by atoms with Crippen molar-refractivity contribution in [3.8, 4) is 5.75 Å². The Kier molecular flexibility index (Phi) is 3.06. The number of thiazole rings is 1. The molecule has 0 aliphatic rings. The lowest BCUT2D eigenvalue weighted by Crippen LogP contribution is -2.03. The third-order valence-electron chi connectivity index (χ3n) is 2.17. The molecule has 2 aromatic rings. The number of nitrogens with zero attached hydrogens (tertiary/aromatic N) is 1. The molecule has 6 heteroatoms. The Morgan fingerprint density at radius 2 is 2.29 bits per heavy atom. The van der Waals surface area contributed by atoms with E-state index in [9.17, 15) is 9.18 Å². The number of ether oxygens (including phenoxy) is 1. The van der Waals surface area contributed by atoms with Gasteiger partial charge in [-0.3, -0.25) is 4.79 Å². The summed E-state index contributed by atoms with van der Waals surface area (Å²) in [6, 6.07) is 4.01. The molecule has 0 fully saturated rings. The van der Waals surface area contributed by atoms with Gasteiger partial charge in [-0.15, -0.1) is 11.3 Å². The second-order valence-corrected chi connectivity index (χ2v) is 4.14. The SMILES string of the molecule is COc1ccc(C(=O)c2csc(N)n2)cc1F. The Morgan fingerprint density at radius 1 is 1.53 bits per heavy atom. The van der Waals surface area contributed by atoms with Crippen LogP contribution in [0.15, 0.2) is 23.6 Å². The first-order chi connectivity index (χ1) is 8.11. The Balaban J connectivity index is 2.35. The van der Waals surface area contributed by atoms with E-state index in [-0.39, 0.29) is 22.8 Å². The van der Waals surface area contributed by atoms with E-state index in [1.54, 1.807) is 5.38 Å². The van der Waals surface area contributed by atoms with Crippen molar-refractivity contribution in [1.29, 1.82) is 0 Å². The lowest BCUT2D eigenvalue weighted by molar-refractivity contribution is 0.103. The summed E-state index contributed by atoms with van der Waals surface area (Å²) in [4.78, 5) is 15.7. The monoisotopic (exact) mass is 252 g/mol. The number of carbonyl (C=O) groups excluding carboxylic acids is 1. The van der Waals surface area contributed by atoms with Crippen LogP contribution in [0.2, 0.25) is 0 Å². The van der Waals surface area contributed by atoms with Crippen LogP contribution in [0.5, 0.6) is 5.75 Å². The van der Waals surface area contributed by atoms with Crippen molar-refractivity contribution < 1.29 is 13.9 Å². The van der Waals surface area contributed by atoms with E-state index in [0.717, 1.165) is 6.07 Å². The van der Waals surface area contributed by atoms with Gasteiger partial charge < -0.3 is 10.5 Å².